The summed E-state index contributed by atoms with van der Waals surface area (Å²) in [4.78, 5) is 13.9. The van der Waals surface area contributed by atoms with Gasteiger partial charge in [-0.1, -0.05) is 0 Å². The number of rotatable bonds is 8. The number of nitrogens with zero attached hydrogens (tertiary/aromatic N) is 1. The lowest BCUT2D eigenvalue weighted by Gasteiger charge is -2.22. The highest BCUT2D eigenvalue weighted by molar-refractivity contribution is 5.85. The van der Waals surface area contributed by atoms with Crippen molar-refractivity contribution >= 4 is 18.3 Å². The van der Waals surface area contributed by atoms with Gasteiger partial charge in [0.05, 0.1) is 26.7 Å². The summed E-state index contributed by atoms with van der Waals surface area (Å²) in [5, 5.41) is 0. The Bertz CT molecular complexity index is 507. The van der Waals surface area contributed by atoms with Crippen molar-refractivity contribution in [2.24, 2.45) is 5.73 Å². The summed E-state index contributed by atoms with van der Waals surface area (Å²) in [6.07, 6.45) is 0.0250. The topological polar surface area (TPSA) is 74.0 Å². The first-order valence-corrected chi connectivity index (χ1v) is 7.15. The van der Waals surface area contributed by atoms with E-state index in [-0.39, 0.29) is 30.8 Å². The number of benzene rings is 1. The van der Waals surface area contributed by atoms with E-state index in [1.807, 2.05) is 19.1 Å². The van der Waals surface area contributed by atoms with Gasteiger partial charge in [-0.05, 0) is 30.2 Å². The summed E-state index contributed by atoms with van der Waals surface area (Å²) in [6, 6.07) is 3.80. The number of carbonyl (C=O) groups excluding carboxylic acids is 1. The van der Waals surface area contributed by atoms with Crippen LogP contribution in [0.2, 0.25) is 0 Å². The Morgan fingerprint density at radius 2 is 1.78 bits per heavy atom. The Hall–Kier alpha value is -1.50. The molecule has 0 fully saturated rings. The zero-order valence-electron chi connectivity index (χ0n) is 14.4. The number of ether oxygens (including phenoxy) is 3. The number of carbonyl (C=O) groups is 1. The summed E-state index contributed by atoms with van der Waals surface area (Å²) in [7, 11) is 6.52. The molecule has 0 aliphatic heterocycles. The number of hydrogen-bond acceptors (Lipinski definition) is 5. The first-order valence-electron chi connectivity index (χ1n) is 7.15. The molecule has 0 saturated heterocycles. The third kappa shape index (κ3) is 5.89. The molecule has 23 heavy (non-hydrogen) atoms. The summed E-state index contributed by atoms with van der Waals surface area (Å²) in [5.74, 6) is 1.33. The summed E-state index contributed by atoms with van der Waals surface area (Å²) in [6.45, 7) is 2.80. The second-order valence-electron chi connectivity index (χ2n) is 5.18. The number of nitrogens with two attached hydrogens (primary N) is 1. The molecule has 2 N–H and O–H groups in total. The van der Waals surface area contributed by atoms with E-state index in [2.05, 4.69) is 0 Å². The van der Waals surface area contributed by atoms with Crippen molar-refractivity contribution in [2.75, 3.05) is 34.9 Å². The molecule has 1 rings (SSSR count). The van der Waals surface area contributed by atoms with Crippen LogP contribution in [0.15, 0.2) is 12.1 Å². The van der Waals surface area contributed by atoms with Gasteiger partial charge in [0.1, 0.15) is 0 Å². The number of methoxy groups -OCH3 is 3. The second kappa shape index (κ2) is 10.3. The maximum absolute atomic E-state index is 12.2. The standard InChI is InChI=1S/C16H26N2O4.ClH/c1-11-6-14(21-4)15(22-5)7-12(11)10-18(2)16(19)8-13(9-17)20-3;/h6-7,13H,8-10,17H2,1-5H3;1H. The third-order valence-corrected chi connectivity index (χ3v) is 3.67. The smallest absolute Gasteiger partial charge is 0.225 e. The van der Waals surface area contributed by atoms with Crippen molar-refractivity contribution in [1.29, 1.82) is 0 Å². The SMILES string of the molecule is COc1cc(C)c(CN(C)C(=O)CC(CN)OC)cc1OC.Cl. The molecule has 0 saturated carbocycles. The second-order valence-corrected chi connectivity index (χ2v) is 5.18. The minimum Gasteiger partial charge on any atom is -0.493 e. The van der Waals surface area contributed by atoms with Crippen LogP contribution in [0.3, 0.4) is 0 Å². The van der Waals surface area contributed by atoms with Gasteiger partial charge in [0.2, 0.25) is 5.91 Å². The van der Waals surface area contributed by atoms with Gasteiger partial charge in [-0.2, -0.15) is 0 Å². The van der Waals surface area contributed by atoms with Crippen LogP contribution < -0.4 is 15.2 Å². The molecule has 0 aliphatic carbocycles. The van der Waals surface area contributed by atoms with Crippen molar-refractivity contribution in [3.05, 3.63) is 23.3 Å². The van der Waals surface area contributed by atoms with E-state index in [0.717, 1.165) is 11.1 Å². The van der Waals surface area contributed by atoms with E-state index in [0.29, 0.717) is 24.6 Å². The van der Waals surface area contributed by atoms with Gasteiger partial charge >= 0.3 is 0 Å². The molecule has 1 aromatic rings. The minimum atomic E-state index is -0.249. The van der Waals surface area contributed by atoms with E-state index in [9.17, 15) is 4.79 Å². The summed E-state index contributed by atoms with van der Waals surface area (Å²) in [5.41, 5.74) is 7.60. The van der Waals surface area contributed by atoms with E-state index in [1.54, 1.807) is 33.3 Å². The van der Waals surface area contributed by atoms with Crippen molar-refractivity contribution in [3.8, 4) is 11.5 Å². The van der Waals surface area contributed by atoms with E-state index >= 15 is 0 Å². The molecule has 1 atom stereocenters. The lowest BCUT2D eigenvalue weighted by Crippen LogP contribution is -2.33. The molecule has 0 spiro atoms. The van der Waals surface area contributed by atoms with Crippen LogP contribution in [-0.2, 0) is 16.1 Å². The fraction of sp³-hybridized carbons (Fsp3) is 0.562. The highest BCUT2D eigenvalue weighted by Gasteiger charge is 2.17. The minimum absolute atomic E-state index is 0. The molecular weight excluding hydrogens is 320 g/mol. The highest BCUT2D eigenvalue weighted by Crippen LogP contribution is 2.30. The monoisotopic (exact) mass is 346 g/mol. The maximum atomic E-state index is 12.2. The first kappa shape index (κ1) is 21.5. The van der Waals surface area contributed by atoms with Gasteiger partial charge in [0.25, 0.3) is 0 Å². The van der Waals surface area contributed by atoms with E-state index in [4.69, 9.17) is 19.9 Å². The maximum Gasteiger partial charge on any atom is 0.225 e. The first-order chi connectivity index (χ1) is 10.5. The molecule has 1 aromatic carbocycles. The Balaban J connectivity index is 0.00000484. The van der Waals surface area contributed by atoms with Crippen molar-refractivity contribution in [2.45, 2.75) is 26.0 Å². The van der Waals surface area contributed by atoms with Gasteiger partial charge in [0.15, 0.2) is 11.5 Å². The predicted molar refractivity (Wildman–Crippen MR) is 92.5 cm³/mol. The van der Waals surface area contributed by atoms with Crippen LogP contribution >= 0.6 is 12.4 Å². The lowest BCUT2D eigenvalue weighted by molar-refractivity contribution is -0.132. The fourth-order valence-corrected chi connectivity index (χ4v) is 2.15. The Morgan fingerprint density at radius 3 is 2.26 bits per heavy atom. The van der Waals surface area contributed by atoms with Crippen molar-refractivity contribution < 1.29 is 19.0 Å². The van der Waals surface area contributed by atoms with Gasteiger partial charge in [-0.15, -0.1) is 12.4 Å². The van der Waals surface area contributed by atoms with Crippen molar-refractivity contribution in [1.82, 2.24) is 4.90 Å². The van der Waals surface area contributed by atoms with E-state index < -0.39 is 0 Å². The molecule has 0 aromatic heterocycles. The van der Waals surface area contributed by atoms with Crippen LogP contribution in [0.4, 0.5) is 0 Å². The van der Waals surface area contributed by atoms with Gasteiger partial charge in [-0.25, -0.2) is 0 Å². The number of halogens is 1. The average Bonchev–Trinajstić information content (AvgIpc) is 2.53. The molecule has 0 heterocycles. The zero-order chi connectivity index (χ0) is 16.7. The van der Waals surface area contributed by atoms with Gasteiger partial charge < -0.3 is 24.8 Å². The molecule has 6 nitrogen and oxygen atoms in total. The Morgan fingerprint density at radius 1 is 1.22 bits per heavy atom. The molecule has 0 radical (unpaired) electrons. The van der Waals surface area contributed by atoms with Crippen LogP contribution in [-0.4, -0.2) is 51.8 Å². The largest absolute Gasteiger partial charge is 0.493 e. The van der Waals surface area contributed by atoms with Crippen LogP contribution in [0, 0.1) is 6.92 Å². The molecule has 0 aliphatic rings. The highest BCUT2D eigenvalue weighted by atomic mass is 35.5. The molecule has 7 heteroatoms. The van der Waals surface area contributed by atoms with Crippen molar-refractivity contribution in [3.63, 3.8) is 0 Å². The molecule has 132 valence electrons. The normalized spacial score (nSPS) is 11.4. The van der Waals surface area contributed by atoms with Crippen LogP contribution in [0.25, 0.3) is 0 Å². The van der Waals surface area contributed by atoms with E-state index in [1.165, 1.54) is 0 Å². The number of aryl methyl sites for hydroxylation is 1. The average molecular weight is 347 g/mol. The molecule has 0 bridgehead atoms. The summed E-state index contributed by atoms with van der Waals surface area (Å²) >= 11 is 0. The van der Waals surface area contributed by atoms with Gasteiger partial charge in [0, 0.05) is 27.2 Å². The Kier molecular flexibility index (Phi) is 9.64. The number of amides is 1. The quantitative estimate of drug-likeness (QED) is 0.776. The summed E-state index contributed by atoms with van der Waals surface area (Å²) < 4.78 is 15.7. The lowest BCUT2D eigenvalue weighted by atomic mass is 10.1. The molecular formula is C16H27ClN2O4. The third-order valence-electron chi connectivity index (χ3n) is 3.67. The molecule has 1 unspecified atom stereocenters. The van der Waals surface area contributed by atoms with Crippen LogP contribution in [0.5, 0.6) is 11.5 Å². The van der Waals surface area contributed by atoms with Crippen LogP contribution in [0.1, 0.15) is 17.5 Å². The zero-order valence-corrected chi connectivity index (χ0v) is 15.2. The van der Waals surface area contributed by atoms with Gasteiger partial charge in [-0.3, -0.25) is 4.79 Å². The Labute approximate surface area is 144 Å². The predicted octanol–water partition coefficient (Wildman–Crippen LogP) is 1.76. The number of hydrogen-bond donors (Lipinski definition) is 1. The fourth-order valence-electron chi connectivity index (χ4n) is 2.15. The molecule has 1 amide bonds.